The van der Waals surface area contributed by atoms with Crippen molar-refractivity contribution in [2.45, 2.75) is 13.8 Å². The summed E-state index contributed by atoms with van der Waals surface area (Å²) in [4.78, 5) is 20.9. The highest BCUT2D eigenvalue weighted by molar-refractivity contribution is 5.88. The van der Waals surface area contributed by atoms with E-state index in [0.29, 0.717) is 0 Å². The first-order chi connectivity index (χ1) is 5.57. The van der Waals surface area contributed by atoms with Crippen LogP contribution in [0.5, 0.6) is 0 Å². The first-order valence-corrected chi connectivity index (χ1v) is 3.02. The largest absolute Gasteiger partial charge is 0.434 e. The van der Waals surface area contributed by atoms with Gasteiger partial charge in [0.1, 0.15) is 6.26 Å². The van der Waals surface area contributed by atoms with Crippen LogP contribution in [0.25, 0.3) is 0 Å². The quantitative estimate of drug-likeness (QED) is 0.260. The molecule has 0 saturated carbocycles. The number of hydrogen-bond donors (Lipinski definition) is 0. The highest BCUT2D eigenvalue weighted by Gasteiger charge is 2.05. The highest BCUT2D eigenvalue weighted by atomic mass is 16.5. The van der Waals surface area contributed by atoms with Gasteiger partial charge >= 0.3 is 11.9 Å². The predicted octanol–water partition coefficient (Wildman–Crippen LogP) is 0.478. The molecule has 5 heteroatoms. The third-order valence-corrected chi connectivity index (χ3v) is 0.862. The summed E-state index contributed by atoms with van der Waals surface area (Å²) in [7, 11) is 0. The molecule has 0 atom stereocenters. The molecule has 0 aliphatic carbocycles. The van der Waals surface area contributed by atoms with Crippen LogP contribution < -0.4 is 0 Å². The van der Waals surface area contributed by atoms with Gasteiger partial charge in [0.05, 0.1) is 5.57 Å². The van der Waals surface area contributed by atoms with Crippen LogP contribution >= 0.6 is 0 Å². The molecule has 0 aromatic heterocycles. The first-order valence-electron chi connectivity index (χ1n) is 3.02. The molecule has 0 amide bonds. The average molecular weight is 169 g/mol. The molecule has 0 aromatic rings. The van der Waals surface area contributed by atoms with Gasteiger partial charge < -0.3 is 9.47 Å². The van der Waals surface area contributed by atoms with E-state index in [1.54, 1.807) is 0 Å². The van der Waals surface area contributed by atoms with Crippen LogP contribution in [-0.4, -0.2) is 11.9 Å². The Morgan fingerprint density at radius 1 is 1.42 bits per heavy atom. The highest BCUT2D eigenvalue weighted by Crippen LogP contribution is 1.96. The predicted molar refractivity (Wildman–Crippen MR) is 37.2 cm³/mol. The van der Waals surface area contributed by atoms with Crippen LogP contribution in [0, 0.1) is 11.5 Å². The molecule has 0 rings (SSSR count). The molecule has 0 unspecified atom stereocenters. The monoisotopic (exact) mass is 169 g/mol. The van der Waals surface area contributed by atoms with Crippen LogP contribution in [0.3, 0.4) is 0 Å². The van der Waals surface area contributed by atoms with Crippen molar-refractivity contribution in [2.75, 3.05) is 0 Å². The van der Waals surface area contributed by atoms with E-state index in [2.05, 4.69) is 9.47 Å². The lowest BCUT2D eigenvalue weighted by molar-refractivity contribution is -0.135. The van der Waals surface area contributed by atoms with Crippen LogP contribution in [0.1, 0.15) is 13.8 Å². The summed E-state index contributed by atoms with van der Waals surface area (Å²) < 4.78 is 8.30. The SMILES string of the molecule is CC(=O)OC=C(C)C(=O)OC#N. The maximum absolute atomic E-state index is 10.7. The summed E-state index contributed by atoms with van der Waals surface area (Å²) in [6.45, 7) is 2.56. The summed E-state index contributed by atoms with van der Waals surface area (Å²) in [5.74, 6) is -1.38. The number of hydrogen-bond acceptors (Lipinski definition) is 5. The number of ether oxygens (including phenoxy) is 2. The van der Waals surface area contributed by atoms with Crippen LogP contribution in [-0.2, 0) is 19.1 Å². The molecule has 0 N–H and O–H groups in total. The van der Waals surface area contributed by atoms with Gasteiger partial charge in [0, 0.05) is 6.92 Å². The lowest BCUT2D eigenvalue weighted by atomic mass is 10.3. The molecular formula is C7H7NO4. The molecule has 0 saturated heterocycles. The van der Waals surface area contributed by atoms with Gasteiger partial charge in [-0.2, -0.15) is 0 Å². The summed E-state index contributed by atoms with van der Waals surface area (Å²) in [5.41, 5.74) is 0.0479. The van der Waals surface area contributed by atoms with Crippen LogP contribution in [0.15, 0.2) is 11.8 Å². The van der Waals surface area contributed by atoms with Gasteiger partial charge in [0.25, 0.3) is 6.26 Å². The molecule has 0 bridgehead atoms. The zero-order chi connectivity index (χ0) is 9.56. The van der Waals surface area contributed by atoms with Crippen LogP contribution in [0.4, 0.5) is 0 Å². The summed E-state index contributed by atoms with van der Waals surface area (Å²) in [6, 6.07) is 0. The lowest BCUT2D eigenvalue weighted by Gasteiger charge is -1.95. The Balaban J connectivity index is 4.10. The fraction of sp³-hybridized carbons (Fsp3) is 0.286. The van der Waals surface area contributed by atoms with Gasteiger partial charge in [-0.25, -0.2) is 4.79 Å². The third kappa shape index (κ3) is 4.06. The molecule has 0 aromatic carbocycles. The topological polar surface area (TPSA) is 76.4 Å². The molecule has 0 aliphatic rings. The Kier molecular flexibility index (Phi) is 4.16. The molecule has 0 spiro atoms. The van der Waals surface area contributed by atoms with Crippen molar-refractivity contribution in [3.8, 4) is 6.26 Å². The minimum atomic E-state index is -0.834. The second-order valence-electron chi connectivity index (χ2n) is 1.89. The van der Waals surface area contributed by atoms with Crippen molar-refractivity contribution in [1.82, 2.24) is 0 Å². The Morgan fingerprint density at radius 3 is 2.42 bits per heavy atom. The van der Waals surface area contributed by atoms with Gasteiger partial charge in [-0.15, -0.1) is 5.26 Å². The standard InChI is InChI=1S/C7H7NO4/c1-5(3-11-6(2)9)7(10)12-4-8/h3H,1-2H3. The molecule has 5 nitrogen and oxygen atoms in total. The Hall–Kier alpha value is -1.83. The minimum Gasteiger partial charge on any atom is -0.434 e. The molecular weight excluding hydrogens is 162 g/mol. The van der Waals surface area contributed by atoms with Gasteiger partial charge in [0.2, 0.25) is 0 Å². The van der Waals surface area contributed by atoms with Crippen molar-refractivity contribution in [2.24, 2.45) is 0 Å². The molecule has 0 heterocycles. The zero-order valence-electron chi connectivity index (χ0n) is 6.66. The number of nitrogens with zero attached hydrogens (tertiary/aromatic N) is 1. The van der Waals surface area contributed by atoms with E-state index < -0.39 is 11.9 Å². The summed E-state index contributed by atoms with van der Waals surface area (Å²) >= 11 is 0. The second-order valence-corrected chi connectivity index (χ2v) is 1.89. The van der Waals surface area contributed by atoms with Crippen LogP contribution in [0.2, 0.25) is 0 Å². The number of carbonyl (C=O) groups is 2. The summed E-state index contributed by atoms with van der Waals surface area (Å²) in [5, 5.41) is 7.93. The lowest BCUT2D eigenvalue weighted by Crippen LogP contribution is -2.02. The Bertz CT molecular complexity index is 261. The van der Waals surface area contributed by atoms with E-state index in [1.807, 2.05) is 0 Å². The van der Waals surface area contributed by atoms with Crippen molar-refractivity contribution < 1.29 is 19.1 Å². The van der Waals surface area contributed by atoms with Crippen molar-refractivity contribution in [3.05, 3.63) is 11.8 Å². The number of esters is 2. The van der Waals surface area contributed by atoms with E-state index in [4.69, 9.17) is 5.26 Å². The molecule has 0 aliphatic heterocycles. The van der Waals surface area contributed by atoms with Crippen molar-refractivity contribution in [3.63, 3.8) is 0 Å². The van der Waals surface area contributed by atoms with E-state index in [1.165, 1.54) is 20.1 Å². The summed E-state index contributed by atoms with van der Waals surface area (Å²) in [6.07, 6.45) is 2.14. The number of carbonyl (C=O) groups excluding carboxylic acids is 2. The first kappa shape index (κ1) is 10.2. The smallest absolute Gasteiger partial charge is 0.352 e. The second kappa shape index (κ2) is 4.91. The molecule has 0 fully saturated rings. The van der Waals surface area contributed by atoms with E-state index in [0.717, 1.165) is 6.26 Å². The normalized spacial score (nSPS) is 9.92. The average Bonchev–Trinajstić information content (AvgIpc) is 2.00. The fourth-order valence-corrected chi connectivity index (χ4v) is 0.341. The van der Waals surface area contributed by atoms with Gasteiger partial charge in [-0.1, -0.05) is 0 Å². The maximum Gasteiger partial charge on any atom is 0.352 e. The molecule has 64 valence electrons. The minimum absolute atomic E-state index is 0.0479. The number of rotatable bonds is 2. The van der Waals surface area contributed by atoms with E-state index in [9.17, 15) is 9.59 Å². The molecule has 0 radical (unpaired) electrons. The Labute approximate surface area is 69.2 Å². The Morgan fingerprint density at radius 2 is 2.00 bits per heavy atom. The van der Waals surface area contributed by atoms with E-state index in [-0.39, 0.29) is 5.57 Å². The zero-order valence-corrected chi connectivity index (χ0v) is 6.66. The van der Waals surface area contributed by atoms with Crippen molar-refractivity contribution in [1.29, 1.82) is 5.26 Å². The van der Waals surface area contributed by atoms with Gasteiger partial charge in [0.15, 0.2) is 0 Å². The molecule has 12 heavy (non-hydrogen) atoms. The number of nitriles is 1. The van der Waals surface area contributed by atoms with Gasteiger partial charge in [-0.3, -0.25) is 4.79 Å². The van der Waals surface area contributed by atoms with Crippen molar-refractivity contribution >= 4 is 11.9 Å². The third-order valence-electron chi connectivity index (χ3n) is 0.862. The fourth-order valence-electron chi connectivity index (χ4n) is 0.341. The van der Waals surface area contributed by atoms with E-state index >= 15 is 0 Å². The van der Waals surface area contributed by atoms with Gasteiger partial charge in [-0.05, 0) is 6.92 Å². The maximum atomic E-state index is 10.7.